The van der Waals surface area contributed by atoms with Gasteiger partial charge in [-0.1, -0.05) is 0 Å². The van der Waals surface area contributed by atoms with E-state index in [-0.39, 0.29) is 5.91 Å². The van der Waals surface area contributed by atoms with Crippen LogP contribution in [0, 0.1) is 0 Å². The molecule has 0 unspecified atom stereocenters. The van der Waals surface area contributed by atoms with E-state index in [0.717, 1.165) is 10.2 Å². The molecule has 17 heavy (non-hydrogen) atoms. The lowest BCUT2D eigenvalue weighted by molar-refractivity contribution is 0.0769. The van der Waals surface area contributed by atoms with Gasteiger partial charge in [0.2, 0.25) is 0 Å². The third-order valence-electron chi connectivity index (χ3n) is 2.27. The van der Waals surface area contributed by atoms with Crippen LogP contribution in [-0.4, -0.2) is 22.8 Å². The van der Waals surface area contributed by atoms with Crippen LogP contribution >= 0.6 is 15.9 Å². The monoisotopic (exact) mass is 294 g/mol. The third kappa shape index (κ3) is 2.94. The van der Waals surface area contributed by atoms with Gasteiger partial charge in [-0.3, -0.25) is 4.79 Å². The van der Waals surface area contributed by atoms with Crippen molar-refractivity contribution in [3.63, 3.8) is 0 Å². The Morgan fingerprint density at radius 3 is 2.88 bits per heavy atom. The lowest BCUT2D eigenvalue weighted by Crippen LogP contribution is -2.26. The molecule has 2 rings (SSSR count). The Labute approximate surface area is 107 Å². The molecule has 0 aliphatic heterocycles. The Bertz CT molecular complexity index is 494. The second kappa shape index (κ2) is 5.14. The molecule has 0 N–H and O–H groups in total. The second-order valence-electron chi connectivity index (χ2n) is 3.60. The van der Waals surface area contributed by atoms with Crippen LogP contribution < -0.4 is 0 Å². The molecule has 0 spiro atoms. The van der Waals surface area contributed by atoms with E-state index in [9.17, 15) is 4.79 Å². The number of hydrogen-bond acceptors (Lipinski definition) is 3. The smallest absolute Gasteiger partial charge is 0.272 e. The van der Waals surface area contributed by atoms with E-state index in [2.05, 4.69) is 20.9 Å². The van der Waals surface area contributed by atoms with Crippen molar-refractivity contribution in [1.82, 2.24) is 9.88 Å². The Morgan fingerprint density at radius 1 is 1.47 bits per heavy atom. The highest BCUT2D eigenvalue weighted by molar-refractivity contribution is 9.10. The van der Waals surface area contributed by atoms with Gasteiger partial charge < -0.3 is 9.32 Å². The molecular formula is C12H11BrN2O2. The molecule has 0 atom stereocenters. The zero-order valence-corrected chi connectivity index (χ0v) is 10.8. The molecule has 0 bridgehead atoms. The van der Waals surface area contributed by atoms with Crippen LogP contribution in [0.2, 0.25) is 0 Å². The number of carbonyl (C=O) groups is 1. The van der Waals surface area contributed by atoms with Crippen LogP contribution in [0.5, 0.6) is 0 Å². The van der Waals surface area contributed by atoms with Gasteiger partial charge in [0.05, 0.1) is 12.8 Å². The molecule has 2 aromatic rings. The molecule has 4 nitrogen and oxygen atoms in total. The number of rotatable bonds is 3. The van der Waals surface area contributed by atoms with Crippen LogP contribution in [-0.2, 0) is 6.54 Å². The van der Waals surface area contributed by atoms with E-state index in [0.29, 0.717) is 12.2 Å². The van der Waals surface area contributed by atoms with Gasteiger partial charge in [0.1, 0.15) is 11.5 Å². The maximum atomic E-state index is 12.0. The molecule has 88 valence electrons. The quantitative estimate of drug-likeness (QED) is 0.874. The summed E-state index contributed by atoms with van der Waals surface area (Å²) >= 11 is 3.28. The average Bonchev–Trinajstić information content (AvgIpc) is 2.82. The normalized spacial score (nSPS) is 10.2. The van der Waals surface area contributed by atoms with Gasteiger partial charge in [0.25, 0.3) is 5.91 Å². The van der Waals surface area contributed by atoms with Crippen LogP contribution in [0.3, 0.4) is 0 Å². The van der Waals surface area contributed by atoms with Crippen molar-refractivity contribution < 1.29 is 9.21 Å². The summed E-state index contributed by atoms with van der Waals surface area (Å²) < 4.78 is 6.04. The fraction of sp³-hybridized carbons (Fsp3) is 0.167. The number of halogens is 1. The highest BCUT2D eigenvalue weighted by atomic mass is 79.9. The largest absolute Gasteiger partial charge is 0.467 e. The minimum absolute atomic E-state index is 0.131. The molecule has 0 aliphatic rings. The molecule has 0 aromatic carbocycles. The molecule has 5 heteroatoms. The summed E-state index contributed by atoms with van der Waals surface area (Å²) in [6.45, 7) is 0.434. The number of carbonyl (C=O) groups excluding carboxylic acids is 1. The van der Waals surface area contributed by atoms with Crippen LogP contribution in [0.4, 0.5) is 0 Å². The highest BCUT2D eigenvalue weighted by Crippen LogP contribution is 2.10. The lowest BCUT2D eigenvalue weighted by atomic mass is 10.3. The summed E-state index contributed by atoms with van der Waals surface area (Å²) in [6, 6.07) is 7.11. The van der Waals surface area contributed by atoms with Crippen molar-refractivity contribution in [2.45, 2.75) is 6.54 Å². The fourth-order valence-electron chi connectivity index (χ4n) is 1.41. The van der Waals surface area contributed by atoms with Crippen molar-refractivity contribution in [1.29, 1.82) is 0 Å². The topological polar surface area (TPSA) is 46.3 Å². The first-order chi connectivity index (χ1) is 8.16. The van der Waals surface area contributed by atoms with E-state index < -0.39 is 0 Å². The zero-order chi connectivity index (χ0) is 12.3. The third-order valence-corrected chi connectivity index (χ3v) is 2.74. The summed E-state index contributed by atoms with van der Waals surface area (Å²) in [5.74, 6) is 0.617. The number of hydrogen-bond donors (Lipinski definition) is 0. The summed E-state index contributed by atoms with van der Waals surface area (Å²) in [5, 5.41) is 0. The van der Waals surface area contributed by atoms with Crippen LogP contribution in [0.1, 0.15) is 16.2 Å². The number of furan rings is 1. The summed E-state index contributed by atoms with van der Waals surface area (Å²) in [7, 11) is 1.72. The van der Waals surface area contributed by atoms with E-state index in [1.54, 1.807) is 42.6 Å². The van der Waals surface area contributed by atoms with Crippen molar-refractivity contribution in [2.75, 3.05) is 7.05 Å². The van der Waals surface area contributed by atoms with Gasteiger partial charge in [-0.05, 0) is 40.2 Å². The van der Waals surface area contributed by atoms with Crippen molar-refractivity contribution >= 4 is 21.8 Å². The van der Waals surface area contributed by atoms with Gasteiger partial charge in [-0.25, -0.2) is 4.98 Å². The van der Waals surface area contributed by atoms with Gasteiger partial charge in [0, 0.05) is 17.7 Å². The SMILES string of the molecule is CN(Cc1ccco1)C(=O)c1ccc(Br)cn1. The second-order valence-corrected chi connectivity index (χ2v) is 4.52. The molecule has 0 fully saturated rings. The van der Waals surface area contributed by atoms with Gasteiger partial charge in [-0.15, -0.1) is 0 Å². The summed E-state index contributed by atoms with van der Waals surface area (Å²) in [5.41, 5.74) is 0.419. The molecule has 0 radical (unpaired) electrons. The first-order valence-corrected chi connectivity index (χ1v) is 5.85. The van der Waals surface area contributed by atoms with E-state index in [1.165, 1.54) is 0 Å². The molecule has 0 saturated carbocycles. The molecular weight excluding hydrogens is 284 g/mol. The Hall–Kier alpha value is -1.62. The number of pyridine rings is 1. The number of nitrogens with zero attached hydrogens (tertiary/aromatic N) is 2. The highest BCUT2D eigenvalue weighted by Gasteiger charge is 2.14. The van der Waals surface area contributed by atoms with E-state index in [1.807, 2.05) is 6.07 Å². The maximum Gasteiger partial charge on any atom is 0.272 e. The van der Waals surface area contributed by atoms with Gasteiger partial charge in [-0.2, -0.15) is 0 Å². The van der Waals surface area contributed by atoms with Crippen LogP contribution in [0.15, 0.2) is 45.6 Å². The maximum absolute atomic E-state index is 12.0. The lowest BCUT2D eigenvalue weighted by Gasteiger charge is -2.14. The van der Waals surface area contributed by atoms with Gasteiger partial charge in [0.15, 0.2) is 0 Å². The number of aromatic nitrogens is 1. The summed E-state index contributed by atoms with van der Waals surface area (Å²) in [6.07, 6.45) is 3.19. The molecule has 2 heterocycles. The number of amides is 1. The van der Waals surface area contributed by atoms with E-state index in [4.69, 9.17) is 4.42 Å². The standard InChI is InChI=1S/C12H11BrN2O2/c1-15(8-10-3-2-6-17-10)12(16)11-5-4-9(13)7-14-11/h2-7H,8H2,1H3. The molecule has 0 saturated heterocycles. The minimum Gasteiger partial charge on any atom is -0.467 e. The molecule has 1 amide bonds. The minimum atomic E-state index is -0.131. The van der Waals surface area contributed by atoms with Crippen molar-refractivity contribution in [3.8, 4) is 0 Å². The van der Waals surface area contributed by atoms with Gasteiger partial charge >= 0.3 is 0 Å². The first-order valence-electron chi connectivity index (χ1n) is 5.06. The predicted molar refractivity (Wildman–Crippen MR) is 66.4 cm³/mol. The zero-order valence-electron chi connectivity index (χ0n) is 9.26. The average molecular weight is 295 g/mol. The van der Waals surface area contributed by atoms with Crippen LogP contribution in [0.25, 0.3) is 0 Å². The summed E-state index contributed by atoms with van der Waals surface area (Å²) in [4.78, 5) is 17.6. The Balaban J connectivity index is 2.07. The Kier molecular flexibility index (Phi) is 3.58. The first kappa shape index (κ1) is 11.9. The Morgan fingerprint density at radius 2 is 2.29 bits per heavy atom. The molecule has 0 aliphatic carbocycles. The molecule has 2 aromatic heterocycles. The fourth-order valence-corrected chi connectivity index (χ4v) is 1.64. The van der Waals surface area contributed by atoms with Crippen molar-refractivity contribution in [3.05, 3.63) is 52.7 Å². The van der Waals surface area contributed by atoms with Crippen molar-refractivity contribution in [2.24, 2.45) is 0 Å². The predicted octanol–water partition coefficient (Wildman–Crippen LogP) is 2.71. The van der Waals surface area contributed by atoms with E-state index >= 15 is 0 Å².